The Morgan fingerprint density at radius 3 is 2.32 bits per heavy atom. The predicted molar refractivity (Wildman–Crippen MR) is 113 cm³/mol. The Kier molecular flexibility index (Phi) is 8.22. The Morgan fingerprint density at radius 2 is 1.88 bits per heavy atom. The van der Waals surface area contributed by atoms with Gasteiger partial charge in [0.15, 0.2) is 10.9 Å². The van der Waals surface area contributed by atoms with E-state index >= 15 is 0 Å². The zero-order valence-corrected chi connectivity index (χ0v) is 18.6. The van der Waals surface area contributed by atoms with E-state index in [4.69, 9.17) is 15.8 Å². The van der Waals surface area contributed by atoms with Gasteiger partial charge in [-0.25, -0.2) is 8.93 Å². The molecule has 1 N–H and O–H groups in total. The molecule has 0 radical (unpaired) electrons. The molecule has 0 aliphatic carbocycles. The van der Waals surface area contributed by atoms with Crippen LogP contribution >= 0.6 is 11.6 Å². The molecule has 1 aromatic carbocycles. The fraction of sp³-hybridized carbons (Fsp3) is 0.579. The molecule has 1 aromatic rings. The van der Waals surface area contributed by atoms with Crippen molar-refractivity contribution < 1.29 is 8.39 Å². The van der Waals surface area contributed by atoms with Crippen LogP contribution < -0.4 is 4.72 Å². The fourth-order valence-corrected chi connectivity index (χ4v) is 3.69. The van der Waals surface area contributed by atoms with Crippen molar-refractivity contribution >= 4 is 33.8 Å². The summed E-state index contributed by atoms with van der Waals surface area (Å²) in [4.78, 5) is 0. The van der Waals surface area contributed by atoms with Crippen molar-refractivity contribution in [1.29, 1.82) is 0 Å². The van der Waals surface area contributed by atoms with Crippen molar-refractivity contribution in [1.82, 2.24) is 4.72 Å². The summed E-state index contributed by atoms with van der Waals surface area (Å²) in [6, 6.07) is 7.32. The van der Waals surface area contributed by atoms with Crippen LogP contribution in [0.15, 0.2) is 36.9 Å². The summed E-state index contributed by atoms with van der Waals surface area (Å²) in [6.07, 6.45) is 3.52. The second-order valence-corrected chi connectivity index (χ2v) is 12.7. The lowest BCUT2D eigenvalue weighted by molar-refractivity contribution is 0.210. The van der Waals surface area contributed by atoms with Gasteiger partial charge in [0.05, 0.1) is 21.8 Å². The van der Waals surface area contributed by atoms with Crippen LogP contribution in [0.2, 0.25) is 5.02 Å². The summed E-state index contributed by atoms with van der Waals surface area (Å²) < 4.78 is 21.8. The van der Waals surface area contributed by atoms with E-state index in [-0.39, 0.29) is 32.8 Å². The molecule has 1 rings (SSSR count). The first-order valence-corrected chi connectivity index (χ1v) is 11.3. The van der Waals surface area contributed by atoms with Gasteiger partial charge in [-0.05, 0) is 59.2 Å². The highest BCUT2D eigenvalue weighted by atomic mass is 35.5. The monoisotopic (exact) mass is 404 g/mol. The number of nitrogens with one attached hydrogen (secondary N) is 1. The van der Waals surface area contributed by atoms with Crippen LogP contribution in [0.3, 0.4) is 0 Å². The van der Waals surface area contributed by atoms with Crippen LogP contribution in [0.5, 0.6) is 0 Å². The summed E-state index contributed by atoms with van der Waals surface area (Å²) in [5.41, 5.74) is 0.944. The van der Waals surface area contributed by atoms with Gasteiger partial charge in [-0.1, -0.05) is 29.8 Å². The van der Waals surface area contributed by atoms with E-state index < -0.39 is 11.0 Å². The number of benzene rings is 1. The normalized spacial score (nSPS) is 17.6. The van der Waals surface area contributed by atoms with E-state index in [1.54, 1.807) is 6.08 Å². The third kappa shape index (κ3) is 7.06. The lowest BCUT2D eigenvalue weighted by Gasteiger charge is -2.29. The van der Waals surface area contributed by atoms with Crippen LogP contribution in [0.4, 0.5) is 0 Å². The summed E-state index contributed by atoms with van der Waals surface area (Å²) in [5.74, 6) is 0. The molecule has 142 valence electrons. The number of halogens is 1. The maximum atomic E-state index is 12.6. The highest BCUT2D eigenvalue weighted by Crippen LogP contribution is 2.31. The van der Waals surface area contributed by atoms with E-state index in [1.807, 2.05) is 45.0 Å². The third-order valence-corrected chi connectivity index (χ3v) is 7.72. The maximum Gasteiger partial charge on any atom is 0.159 e. The van der Waals surface area contributed by atoms with E-state index in [1.165, 1.54) is 0 Å². The maximum absolute atomic E-state index is 12.6. The molecule has 4 unspecified atom stereocenters. The molecule has 3 nitrogen and oxygen atoms in total. The topological polar surface area (TPSA) is 38.3 Å². The summed E-state index contributed by atoms with van der Waals surface area (Å²) in [5, 5.41) is 0.651. The molecule has 0 fully saturated rings. The van der Waals surface area contributed by atoms with E-state index in [0.29, 0.717) is 5.02 Å². The largest absolute Gasteiger partial charge is 0.242 e. The minimum Gasteiger partial charge on any atom is -0.242 e. The van der Waals surface area contributed by atoms with Crippen LogP contribution in [-0.2, 0) is 26.3 Å². The van der Waals surface area contributed by atoms with Gasteiger partial charge in [0, 0.05) is 5.02 Å². The van der Waals surface area contributed by atoms with Gasteiger partial charge in [-0.15, -0.1) is 6.58 Å². The van der Waals surface area contributed by atoms with Crippen molar-refractivity contribution in [3.05, 3.63) is 47.5 Å². The Hall–Kier alpha value is -0.330. The molecular weight excluding hydrogens is 374 g/mol. The molecule has 0 bridgehead atoms. The second-order valence-electron chi connectivity index (χ2n) is 7.90. The zero-order valence-electron chi connectivity index (χ0n) is 16.3. The minimum absolute atomic E-state index is 0.00568. The molecule has 4 atom stereocenters. The highest BCUT2D eigenvalue weighted by molar-refractivity contribution is 7.93. The number of rotatable bonds is 7. The van der Waals surface area contributed by atoms with Gasteiger partial charge < -0.3 is 0 Å². The van der Waals surface area contributed by atoms with E-state index in [9.17, 15) is 4.21 Å². The Balaban J connectivity index is 3.19. The van der Waals surface area contributed by atoms with Crippen LogP contribution in [0, 0.1) is 0 Å². The smallest absolute Gasteiger partial charge is 0.159 e. The van der Waals surface area contributed by atoms with Crippen LogP contribution in [0.25, 0.3) is 0 Å². The first kappa shape index (κ1) is 22.7. The Morgan fingerprint density at radius 1 is 1.28 bits per heavy atom. The first-order valence-electron chi connectivity index (χ1n) is 8.25. The Bertz CT molecular complexity index is 608. The standard InChI is InChI=1S/C19H31ClNO2S2/c1-9-16(21-25(22)19(5,6)7)17(23-24(8)18(2,3)4)14-11-10-12-15(20)13-14/h9-13,16-17,21H,1H2,2-8H3/q+1. The third-order valence-electron chi connectivity index (χ3n) is 3.67. The zero-order chi connectivity index (χ0) is 19.4. The van der Waals surface area contributed by atoms with E-state index in [2.05, 4.69) is 38.3 Å². The predicted octanol–water partition coefficient (Wildman–Crippen LogP) is 4.97. The molecule has 0 aliphatic heterocycles. The molecular formula is C19H31ClNO2S2+. The lowest BCUT2D eigenvalue weighted by Crippen LogP contribution is -2.44. The average molecular weight is 405 g/mol. The van der Waals surface area contributed by atoms with Crippen molar-refractivity contribution in [2.45, 2.75) is 63.2 Å². The SMILES string of the molecule is C=CC(NS(=O)C(C)(C)C)C(O[S+](C)C(C)(C)C)c1cccc(Cl)c1. The summed E-state index contributed by atoms with van der Waals surface area (Å²) in [6.45, 7) is 16.2. The molecule has 25 heavy (non-hydrogen) atoms. The molecule has 0 saturated carbocycles. The van der Waals surface area contributed by atoms with Crippen molar-refractivity contribution in [3.63, 3.8) is 0 Å². The van der Waals surface area contributed by atoms with E-state index in [0.717, 1.165) is 5.56 Å². The van der Waals surface area contributed by atoms with Gasteiger partial charge in [0.25, 0.3) is 0 Å². The number of hydrogen-bond donors (Lipinski definition) is 1. The molecule has 0 saturated heterocycles. The Labute approximate surface area is 163 Å². The number of hydrogen-bond acceptors (Lipinski definition) is 2. The van der Waals surface area contributed by atoms with Crippen molar-refractivity contribution in [2.24, 2.45) is 0 Å². The molecule has 0 aromatic heterocycles. The van der Waals surface area contributed by atoms with Gasteiger partial charge in [-0.2, -0.15) is 4.18 Å². The highest BCUT2D eigenvalue weighted by Gasteiger charge is 2.38. The lowest BCUT2D eigenvalue weighted by atomic mass is 10.0. The van der Waals surface area contributed by atoms with Crippen molar-refractivity contribution in [2.75, 3.05) is 6.26 Å². The van der Waals surface area contributed by atoms with Gasteiger partial charge >= 0.3 is 0 Å². The molecule has 0 heterocycles. The fourth-order valence-electron chi connectivity index (χ4n) is 1.84. The van der Waals surface area contributed by atoms with Crippen molar-refractivity contribution in [3.8, 4) is 0 Å². The van der Waals surface area contributed by atoms with Crippen LogP contribution in [0.1, 0.15) is 53.2 Å². The van der Waals surface area contributed by atoms with Gasteiger partial charge in [0.2, 0.25) is 0 Å². The second kappa shape index (κ2) is 9.05. The average Bonchev–Trinajstić information content (AvgIpc) is 2.48. The molecule has 0 amide bonds. The quantitative estimate of drug-likeness (QED) is 0.514. The van der Waals surface area contributed by atoms with Gasteiger partial charge in [-0.3, -0.25) is 0 Å². The summed E-state index contributed by atoms with van der Waals surface area (Å²) in [7, 11) is -1.23. The minimum atomic E-state index is -1.23. The summed E-state index contributed by atoms with van der Waals surface area (Å²) >= 11 is 5.87. The molecule has 6 heteroatoms. The van der Waals surface area contributed by atoms with Gasteiger partial charge in [0.1, 0.15) is 17.4 Å². The van der Waals surface area contributed by atoms with Crippen LogP contribution in [-0.4, -0.2) is 26.0 Å². The molecule has 0 aliphatic rings. The first-order chi connectivity index (χ1) is 11.4. The molecule has 0 spiro atoms.